The molecule has 5 nitrogen and oxygen atoms in total. The minimum absolute atomic E-state index is 0.331. The number of nitrogens with one attached hydrogen (secondary N) is 1. The van der Waals surface area contributed by atoms with Gasteiger partial charge in [0.1, 0.15) is 5.82 Å². The quantitative estimate of drug-likeness (QED) is 0.526. The van der Waals surface area contributed by atoms with Crippen LogP contribution in [0.25, 0.3) is 0 Å². The molecule has 122 valence electrons. The van der Waals surface area contributed by atoms with E-state index in [1.165, 1.54) is 34.4 Å². The summed E-state index contributed by atoms with van der Waals surface area (Å²) in [5, 5.41) is 11.8. The highest BCUT2D eigenvalue weighted by atomic mass is 32.1. The Kier molecular flexibility index (Phi) is 5.02. The lowest BCUT2D eigenvalue weighted by Crippen LogP contribution is -2.28. The van der Waals surface area contributed by atoms with Gasteiger partial charge in [-0.3, -0.25) is 9.59 Å². The van der Waals surface area contributed by atoms with Gasteiger partial charge in [-0.25, -0.2) is 4.98 Å². The molecule has 0 radical (unpaired) electrons. The van der Waals surface area contributed by atoms with Gasteiger partial charge in [0.25, 0.3) is 5.91 Å². The van der Waals surface area contributed by atoms with Gasteiger partial charge in [0.05, 0.1) is 10.9 Å². The van der Waals surface area contributed by atoms with Crippen molar-refractivity contribution < 1.29 is 9.59 Å². The fourth-order valence-electron chi connectivity index (χ4n) is 2.80. The topological polar surface area (TPSA) is 82.8 Å². The van der Waals surface area contributed by atoms with E-state index in [0.717, 1.165) is 25.7 Å². The van der Waals surface area contributed by atoms with E-state index < -0.39 is 17.6 Å². The van der Waals surface area contributed by atoms with E-state index in [0.29, 0.717) is 10.7 Å². The van der Waals surface area contributed by atoms with Crippen LogP contribution in [-0.2, 0) is 17.6 Å². The number of carbonyl (C=O) groups excluding carboxylic acids is 2. The first kappa shape index (κ1) is 16.3. The van der Waals surface area contributed by atoms with Crippen molar-refractivity contribution in [3.8, 4) is 6.07 Å². The molecule has 1 N–H and O–H groups in total. The Labute approximate surface area is 144 Å². The maximum atomic E-state index is 12.6. The number of anilines is 1. The number of pyridine rings is 1. The molecule has 0 fully saturated rings. The van der Waals surface area contributed by atoms with E-state index in [1.807, 2.05) is 12.1 Å². The number of fused-ring (bicyclic) bond motifs is 1. The molecule has 2 aromatic rings. The van der Waals surface area contributed by atoms with Crippen molar-refractivity contribution in [2.24, 2.45) is 5.92 Å². The predicted molar refractivity (Wildman–Crippen MR) is 91.9 cm³/mol. The summed E-state index contributed by atoms with van der Waals surface area (Å²) in [6, 6.07) is 8.76. The summed E-state index contributed by atoms with van der Waals surface area (Å²) in [5.41, 5.74) is 1.20. The molecule has 0 saturated heterocycles. The number of hydrogen-bond acceptors (Lipinski definition) is 5. The zero-order chi connectivity index (χ0) is 16.9. The minimum Gasteiger partial charge on any atom is -0.309 e. The average molecular weight is 339 g/mol. The Hall–Kier alpha value is -2.52. The molecule has 24 heavy (non-hydrogen) atoms. The number of Topliss-reactive ketones (excluding diaryl/α,β-unsaturated/α-hetero) is 1. The largest absolute Gasteiger partial charge is 0.309 e. The van der Waals surface area contributed by atoms with E-state index in [4.69, 9.17) is 0 Å². The monoisotopic (exact) mass is 339 g/mol. The normalized spacial score (nSPS) is 14.8. The van der Waals surface area contributed by atoms with Crippen LogP contribution >= 0.6 is 11.3 Å². The standard InChI is InChI=1S/C18H17N3O2S/c19-11-13(18(23)21-16-8-4-5-9-20-16)17(22)15-10-12-6-2-1-3-7-14(12)24-15/h4-5,8-10,13H,1-3,6-7H2,(H,20,21,23)/t13-/m1/s1. The zero-order valence-electron chi connectivity index (χ0n) is 13.1. The summed E-state index contributed by atoms with van der Waals surface area (Å²) in [6.07, 6.45) is 6.94. The molecule has 0 aromatic carbocycles. The molecule has 0 saturated carbocycles. The van der Waals surface area contributed by atoms with Gasteiger partial charge in [-0.05, 0) is 49.4 Å². The summed E-state index contributed by atoms with van der Waals surface area (Å²) < 4.78 is 0. The number of thiophene rings is 1. The molecule has 1 aliphatic rings. The number of nitrogens with zero attached hydrogens (tertiary/aromatic N) is 2. The third-order valence-corrected chi connectivity index (χ3v) is 5.31. The molecule has 0 unspecified atom stereocenters. The van der Waals surface area contributed by atoms with Crippen LogP contribution in [0.1, 0.15) is 39.4 Å². The maximum absolute atomic E-state index is 12.6. The number of hydrogen-bond donors (Lipinski definition) is 1. The van der Waals surface area contributed by atoms with Crippen LogP contribution in [0.3, 0.4) is 0 Å². The number of aromatic nitrogens is 1. The van der Waals surface area contributed by atoms with Crippen LogP contribution < -0.4 is 5.32 Å². The van der Waals surface area contributed by atoms with Crippen LogP contribution in [0.4, 0.5) is 5.82 Å². The maximum Gasteiger partial charge on any atom is 0.250 e. The Morgan fingerprint density at radius 3 is 2.83 bits per heavy atom. The molecule has 2 aromatic heterocycles. The molecule has 0 spiro atoms. The smallest absolute Gasteiger partial charge is 0.250 e. The van der Waals surface area contributed by atoms with Crippen molar-refractivity contribution in [3.05, 3.63) is 45.8 Å². The van der Waals surface area contributed by atoms with Crippen molar-refractivity contribution in [2.45, 2.75) is 32.1 Å². The number of amides is 1. The third kappa shape index (κ3) is 3.52. The van der Waals surface area contributed by atoms with E-state index in [9.17, 15) is 14.9 Å². The molecule has 1 aliphatic carbocycles. The summed E-state index contributed by atoms with van der Waals surface area (Å²) >= 11 is 1.43. The van der Waals surface area contributed by atoms with Crippen LogP contribution in [-0.4, -0.2) is 16.7 Å². The van der Waals surface area contributed by atoms with Gasteiger partial charge in [0.2, 0.25) is 0 Å². The fourth-order valence-corrected chi connectivity index (χ4v) is 4.03. The van der Waals surface area contributed by atoms with Crippen LogP contribution in [0.15, 0.2) is 30.5 Å². The SMILES string of the molecule is N#C[C@@H](C(=O)Nc1ccccn1)C(=O)c1cc2c(s1)CCCCC2. The number of carbonyl (C=O) groups is 2. The summed E-state index contributed by atoms with van der Waals surface area (Å²) in [4.78, 5) is 30.6. The predicted octanol–water partition coefficient (Wildman–Crippen LogP) is 3.37. The van der Waals surface area contributed by atoms with Crippen molar-refractivity contribution in [3.63, 3.8) is 0 Å². The van der Waals surface area contributed by atoms with Gasteiger partial charge in [0.15, 0.2) is 11.7 Å². The first-order chi connectivity index (χ1) is 11.7. The summed E-state index contributed by atoms with van der Waals surface area (Å²) in [5.74, 6) is -2.08. The molecule has 6 heteroatoms. The van der Waals surface area contributed by atoms with Gasteiger partial charge in [-0.2, -0.15) is 5.26 Å². The van der Waals surface area contributed by atoms with E-state index in [2.05, 4.69) is 10.3 Å². The Morgan fingerprint density at radius 1 is 1.25 bits per heavy atom. The average Bonchev–Trinajstić information content (AvgIpc) is 2.87. The van der Waals surface area contributed by atoms with Crippen LogP contribution in [0, 0.1) is 17.2 Å². The van der Waals surface area contributed by atoms with Crippen molar-refractivity contribution in [1.29, 1.82) is 5.26 Å². The first-order valence-electron chi connectivity index (χ1n) is 7.96. The van der Waals surface area contributed by atoms with Gasteiger partial charge in [0, 0.05) is 11.1 Å². The van der Waals surface area contributed by atoms with Crippen LogP contribution in [0.5, 0.6) is 0 Å². The van der Waals surface area contributed by atoms with E-state index >= 15 is 0 Å². The second-order valence-corrected chi connectivity index (χ2v) is 6.89. The number of aryl methyl sites for hydroxylation is 2. The lowest BCUT2D eigenvalue weighted by atomic mass is 10.0. The fraction of sp³-hybridized carbons (Fsp3) is 0.333. The molecule has 2 heterocycles. The van der Waals surface area contributed by atoms with Gasteiger partial charge in [-0.1, -0.05) is 12.5 Å². The highest BCUT2D eigenvalue weighted by Gasteiger charge is 2.30. The molecule has 1 atom stereocenters. The lowest BCUT2D eigenvalue weighted by Gasteiger charge is -2.07. The highest BCUT2D eigenvalue weighted by Crippen LogP contribution is 2.30. The lowest BCUT2D eigenvalue weighted by molar-refractivity contribution is -0.117. The van der Waals surface area contributed by atoms with Gasteiger partial charge >= 0.3 is 0 Å². The number of ketones is 1. The molecule has 0 bridgehead atoms. The van der Waals surface area contributed by atoms with Crippen LogP contribution in [0.2, 0.25) is 0 Å². The second-order valence-electron chi connectivity index (χ2n) is 5.75. The van der Waals surface area contributed by atoms with Gasteiger partial charge < -0.3 is 5.32 Å². The van der Waals surface area contributed by atoms with Crippen molar-refractivity contribution in [1.82, 2.24) is 4.98 Å². The summed E-state index contributed by atoms with van der Waals surface area (Å²) in [6.45, 7) is 0. The molecule has 3 rings (SSSR count). The minimum atomic E-state index is -1.35. The Bertz CT molecular complexity index is 769. The molecule has 1 amide bonds. The van der Waals surface area contributed by atoms with Crippen molar-refractivity contribution in [2.75, 3.05) is 5.32 Å². The molecular formula is C18H17N3O2S. The highest BCUT2D eigenvalue weighted by molar-refractivity contribution is 7.14. The second kappa shape index (κ2) is 7.37. The third-order valence-electron chi connectivity index (χ3n) is 4.06. The van der Waals surface area contributed by atoms with E-state index in [1.54, 1.807) is 18.2 Å². The van der Waals surface area contributed by atoms with Gasteiger partial charge in [-0.15, -0.1) is 11.3 Å². The molecule has 0 aliphatic heterocycles. The van der Waals surface area contributed by atoms with E-state index in [-0.39, 0.29) is 0 Å². The summed E-state index contributed by atoms with van der Waals surface area (Å²) in [7, 11) is 0. The Balaban J connectivity index is 1.77. The number of rotatable bonds is 4. The van der Waals surface area contributed by atoms with Crippen molar-refractivity contribution >= 4 is 28.8 Å². The zero-order valence-corrected chi connectivity index (χ0v) is 13.9. The first-order valence-corrected chi connectivity index (χ1v) is 8.78. The Morgan fingerprint density at radius 2 is 2.08 bits per heavy atom. The number of nitriles is 1. The molecular weight excluding hydrogens is 322 g/mol.